The molecule has 3 heterocycles. The van der Waals surface area contributed by atoms with Crippen molar-refractivity contribution < 1.29 is 23.9 Å². The molecule has 2 aromatic rings. The van der Waals surface area contributed by atoms with Crippen molar-refractivity contribution in [3.8, 4) is 5.75 Å². The van der Waals surface area contributed by atoms with Gasteiger partial charge in [-0.05, 0) is 122 Å². The number of ether oxygens (including phenoxy) is 1. The summed E-state index contributed by atoms with van der Waals surface area (Å²) in [5.41, 5.74) is 5.15. The molecule has 9 heteroatoms. The van der Waals surface area contributed by atoms with E-state index in [0.717, 1.165) is 93.3 Å². The minimum atomic E-state index is -0.620. The molecule has 1 spiro atoms. The molecule has 3 aliphatic heterocycles. The fourth-order valence-electron chi connectivity index (χ4n) is 8.46. The summed E-state index contributed by atoms with van der Waals surface area (Å²) in [4.78, 5) is 54.6. The molecule has 1 saturated carbocycles. The van der Waals surface area contributed by atoms with Crippen LogP contribution in [0.1, 0.15) is 106 Å². The van der Waals surface area contributed by atoms with Crippen molar-refractivity contribution in [3.05, 3.63) is 69.8 Å². The van der Waals surface area contributed by atoms with Crippen molar-refractivity contribution in [1.82, 2.24) is 15.1 Å². The average molecular weight is 658 g/mol. The van der Waals surface area contributed by atoms with Crippen LogP contribution in [0.4, 0.5) is 0 Å². The molecule has 1 atom stereocenters. The Morgan fingerprint density at radius 3 is 2.34 bits per heavy atom. The Balaban J connectivity index is 0.944. The van der Waals surface area contributed by atoms with Gasteiger partial charge in [0.15, 0.2) is 0 Å². The van der Waals surface area contributed by atoms with E-state index in [0.29, 0.717) is 23.6 Å². The predicted molar refractivity (Wildman–Crippen MR) is 180 cm³/mol. The first-order valence-corrected chi connectivity index (χ1v) is 17.6. The molecule has 5 aliphatic rings. The number of halogens is 1. The van der Waals surface area contributed by atoms with Crippen LogP contribution in [-0.4, -0.2) is 58.7 Å². The van der Waals surface area contributed by atoms with E-state index in [-0.39, 0.29) is 41.1 Å². The van der Waals surface area contributed by atoms with Crippen LogP contribution in [0.25, 0.3) is 5.57 Å². The topological polar surface area (TPSA) is 96.0 Å². The highest BCUT2D eigenvalue weighted by Crippen LogP contribution is 2.47. The number of nitrogens with zero attached hydrogens (tertiary/aromatic N) is 2. The Hall–Kier alpha value is -3.65. The van der Waals surface area contributed by atoms with Crippen LogP contribution in [0.15, 0.2) is 48.0 Å². The van der Waals surface area contributed by atoms with Gasteiger partial charge in [-0.2, -0.15) is 0 Å². The molecule has 248 valence electrons. The quantitative estimate of drug-likeness (QED) is 0.361. The molecule has 7 rings (SSSR count). The molecule has 1 N–H and O–H groups in total. The SMILES string of the molecule is CC1(C)CCC(C(=O)N2CCC3(CCC(Oc4ccc5c(c4)CN(C4CCC(=O)NC4=O)C5=O)CC3)CC2)=C(c2ccc(Cl)cc2)C1. The number of nitrogens with one attached hydrogen (secondary N) is 1. The summed E-state index contributed by atoms with van der Waals surface area (Å²) in [5, 5.41) is 3.07. The maximum atomic E-state index is 13.9. The second-order valence-corrected chi connectivity index (χ2v) is 15.6. The lowest BCUT2D eigenvalue weighted by Crippen LogP contribution is -2.52. The largest absolute Gasteiger partial charge is 0.490 e. The van der Waals surface area contributed by atoms with Gasteiger partial charge in [0.05, 0.1) is 6.10 Å². The Kier molecular flexibility index (Phi) is 8.44. The van der Waals surface area contributed by atoms with E-state index in [1.807, 2.05) is 24.3 Å². The maximum absolute atomic E-state index is 13.9. The van der Waals surface area contributed by atoms with Gasteiger partial charge in [0, 0.05) is 42.2 Å². The van der Waals surface area contributed by atoms with Gasteiger partial charge in [-0.15, -0.1) is 0 Å². The fraction of sp³-hybridized carbons (Fsp3) is 0.526. The molecule has 0 radical (unpaired) electrons. The fourth-order valence-corrected chi connectivity index (χ4v) is 8.59. The van der Waals surface area contributed by atoms with Crippen LogP contribution in [0.5, 0.6) is 5.75 Å². The van der Waals surface area contributed by atoms with Crippen LogP contribution >= 0.6 is 11.6 Å². The minimum absolute atomic E-state index is 0.111. The van der Waals surface area contributed by atoms with Crippen molar-refractivity contribution in [2.75, 3.05) is 13.1 Å². The van der Waals surface area contributed by atoms with E-state index < -0.39 is 11.9 Å². The zero-order chi connectivity index (χ0) is 32.9. The van der Waals surface area contributed by atoms with Crippen LogP contribution in [0.2, 0.25) is 5.02 Å². The Bertz CT molecular complexity index is 1630. The number of carbonyl (C=O) groups excluding carboxylic acids is 4. The normalized spacial score (nSPS) is 24.4. The van der Waals surface area contributed by atoms with Crippen molar-refractivity contribution in [3.63, 3.8) is 0 Å². The number of amides is 4. The Morgan fingerprint density at radius 1 is 0.915 bits per heavy atom. The standard InChI is InChI=1S/C38H44ClN3O5/c1-37(2)14-13-30(31(22-37)24-3-5-26(39)6-4-24)35(45)41-19-17-38(18-20-41)15-11-27(12-16-38)47-28-7-8-29-25(21-28)23-42(36(29)46)32-9-10-33(43)40-34(32)44/h3-8,21,27,32H,9-20,22-23H2,1-2H3,(H,40,43,44). The molecule has 47 heavy (non-hydrogen) atoms. The van der Waals surface area contributed by atoms with E-state index in [1.54, 1.807) is 11.0 Å². The van der Waals surface area contributed by atoms with E-state index in [9.17, 15) is 19.2 Å². The van der Waals surface area contributed by atoms with Crippen molar-refractivity contribution in [2.45, 2.75) is 103 Å². The smallest absolute Gasteiger partial charge is 0.255 e. The maximum Gasteiger partial charge on any atom is 0.255 e. The summed E-state index contributed by atoms with van der Waals surface area (Å²) in [6, 6.07) is 12.9. The zero-order valence-corrected chi connectivity index (χ0v) is 28.2. The summed E-state index contributed by atoms with van der Waals surface area (Å²) in [6.45, 7) is 6.52. The molecular formula is C38H44ClN3O5. The minimum Gasteiger partial charge on any atom is -0.490 e. The highest BCUT2D eigenvalue weighted by molar-refractivity contribution is 6.30. The van der Waals surface area contributed by atoms with Crippen LogP contribution < -0.4 is 10.1 Å². The highest BCUT2D eigenvalue weighted by atomic mass is 35.5. The Labute approximate surface area is 281 Å². The first-order valence-electron chi connectivity index (χ1n) is 17.2. The predicted octanol–water partition coefficient (Wildman–Crippen LogP) is 6.70. The number of hydrogen-bond acceptors (Lipinski definition) is 5. The summed E-state index contributed by atoms with van der Waals surface area (Å²) < 4.78 is 6.45. The van der Waals surface area contributed by atoms with Gasteiger partial charge in [0.25, 0.3) is 5.91 Å². The lowest BCUT2D eigenvalue weighted by Gasteiger charge is -2.46. The molecule has 2 aliphatic carbocycles. The number of fused-ring (bicyclic) bond motifs is 1. The second kappa shape index (κ2) is 12.4. The highest BCUT2D eigenvalue weighted by Gasteiger charge is 2.42. The van der Waals surface area contributed by atoms with Gasteiger partial charge in [-0.25, -0.2) is 0 Å². The van der Waals surface area contributed by atoms with Gasteiger partial charge < -0.3 is 14.5 Å². The number of benzene rings is 2. The van der Waals surface area contributed by atoms with Gasteiger partial charge in [-0.3, -0.25) is 24.5 Å². The first kappa shape index (κ1) is 31.9. The first-order chi connectivity index (χ1) is 22.5. The van der Waals surface area contributed by atoms with E-state index >= 15 is 0 Å². The molecule has 8 nitrogen and oxygen atoms in total. The van der Waals surface area contributed by atoms with E-state index in [4.69, 9.17) is 16.3 Å². The summed E-state index contributed by atoms with van der Waals surface area (Å²) in [5.74, 6) is 0.106. The van der Waals surface area contributed by atoms with Crippen LogP contribution in [0, 0.1) is 10.8 Å². The molecule has 4 amide bonds. The van der Waals surface area contributed by atoms with E-state index in [2.05, 4.69) is 36.2 Å². The van der Waals surface area contributed by atoms with Gasteiger partial charge >= 0.3 is 0 Å². The lowest BCUT2D eigenvalue weighted by atomic mass is 9.67. The monoisotopic (exact) mass is 657 g/mol. The number of imide groups is 1. The number of piperidine rings is 2. The summed E-state index contributed by atoms with van der Waals surface area (Å²) >= 11 is 6.18. The molecule has 2 saturated heterocycles. The molecular weight excluding hydrogens is 614 g/mol. The molecule has 2 aromatic carbocycles. The Morgan fingerprint density at radius 2 is 1.64 bits per heavy atom. The molecule has 0 bridgehead atoms. The zero-order valence-electron chi connectivity index (χ0n) is 27.4. The molecule has 3 fully saturated rings. The van der Waals surface area contributed by atoms with Gasteiger partial charge in [0.1, 0.15) is 11.8 Å². The third kappa shape index (κ3) is 6.46. The lowest BCUT2D eigenvalue weighted by molar-refractivity contribution is -0.137. The average Bonchev–Trinajstić information content (AvgIpc) is 3.37. The molecule has 1 unspecified atom stereocenters. The van der Waals surface area contributed by atoms with Crippen molar-refractivity contribution >= 4 is 40.8 Å². The van der Waals surface area contributed by atoms with Gasteiger partial charge in [0.2, 0.25) is 17.7 Å². The number of likely N-dealkylation sites (tertiary alicyclic amines) is 1. The second-order valence-electron chi connectivity index (χ2n) is 15.1. The number of allylic oxidation sites excluding steroid dienone is 1. The number of rotatable bonds is 5. The van der Waals surface area contributed by atoms with Gasteiger partial charge in [-0.1, -0.05) is 37.6 Å². The summed E-state index contributed by atoms with van der Waals surface area (Å²) in [6.07, 6.45) is 9.58. The summed E-state index contributed by atoms with van der Waals surface area (Å²) in [7, 11) is 0. The number of carbonyl (C=O) groups is 4. The third-order valence-corrected chi connectivity index (χ3v) is 11.7. The third-order valence-electron chi connectivity index (χ3n) is 11.4. The molecule has 0 aromatic heterocycles. The van der Waals surface area contributed by atoms with Crippen molar-refractivity contribution in [1.29, 1.82) is 0 Å². The van der Waals surface area contributed by atoms with Crippen LogP contribution in [-0.2, 0) is 20.9 Å². The number of hydrogen-bond donors (Lipinski definition) is 1. The van der Waals surface area contributed by atoms with E-state index in [1.165, 1.54) is 5.57 Å². The van der Waals surface area contributed by atoms with Crippen LogP contribution in [0.3, 0.4) is 0 Å². The van der Waals surface area contributed by atoms with Crippen molar-refractivity contribution in [2.24, 2.45) is 10.8 Å².